The molecule has 0 bridgehead atoms. The normalized spacial score (nSPS) is 9.20. The van der Waals surface area contributed by atoms with E-state index in [-0.39, 0.29) is 31.0 Å². The molecule has 4 aromatic carbocycles. The van der Waals surface area contributed by atoms with Crippen LogP contribution >= 0.6 is 0 Å². The second kappa shape index (κ2) is 7.96. The maximum atomic E-state index is 2.12. The molecule has 99 valence electrons. The molecule has 0 unspecified atom stereocenters. The third-order valence-corrected chi connectivity index (χ3v) is 3.10. The van der Waals surface area contributed by atoms with Gasteiger partial charge in [-0.05, 0) is 0 Å². The molecule has 0 heterocycles. The molecule has 0 amide bonds. The van der Waals surface area contributed by atoms with Crippen LogP contribution in [0.3, 0.4) is 0 Å². The summed E-state index contributed by atoms with van der Waals surface area (Å²) in [6.07, 6.45) is 0. The second-order valence-electron chi connectivity index (χ2n) is 4.31. The summed E-state index contributed by atoms with van der Waals surface area (Å²) in [7, 11) is 0. The van der Waals surface area contributed by atoms with Gasteiger partial charge in [-0.2, -0.15) is 35.0 Å². The minimum absolute atomic E-state index is 0. The smallest absolute Gasteiger partial charge is 1.00 e. The maximum Gasteiger partial charge on any atom is 2.00 e. The molecule has 1 radical (unpaired) electrons. The summed E-state index contributed by atoms with van der Waals surface area (Å²) in [6.45, 7) is 0. The van der Waals surface area contributed by atoms with Gasteiger partial charge in [-0.25, -0.2) is 0 Å². The standard InChI is InChI=1S/2C9H7.ClH.V/c2*1-2-5-9-7-3-6-8(9)4-1;;/h2*1-7H;1H;/q2*-1;;+2/p-1. The fourth-order valence-electron chi connectivity index (χ4n) is 2.14. The van der Waals surface area contributed by atoms with Crippen LogP contribution in [-0.2, 0) is 18.6 Å². The molecule has 4 rings (SSSR count). The third kappa shape index (κ3) is 3.77. The van der Waals surface area contributed by atoms with E-state index in [0.29, 0.717) is 0 Å². The van der Waals surface area contributed by atoms with Crippen molar-refractivity contribution in [1.82, 2.24) is 0 Å². The Morgan fingerprint density at radius 2 is 0.950 bits per heavy atom. The van der Waals surface area contributed by atoms with Crippen LogP contribution in [0.25, 0.3) is 21.5 Å². The van der Waals surface area contributed by atoms with E-state index >= 15 is 0 Å². The largest absolute Gasteiger partial charge is 2.00 e. The van der Waals surface area contributed by atoms with Gasteiger partial charge < -0.3 is 12.4 Å². The van der Waals surface area contributed by atoms with Gasteiger partial charge in [-0.15, -0.1) is 59.3 Å². The van der Waals surface area contributed by atoms with Gasteiger partial charge in [-0.3, -0.25) is 0 Å². The minimum Gasteiger partial charge on any atom is -1.00 e. The van der Waals surface area contributed by atoms with Crippen molar-refractivity contribution in [1.29, 1.82) is 0 Å². The van der Waals surface area contributed by atoms with Gasteiger partial charge in [0.2, 0.25) is 0 Å². The van der Waals surface area contributed by atoms with Crippen LogP contribution in [0.5, 0.6) is 0 Å². The van der Waals surface area contributed by atoms with Gasteiger partial charge >= 0.3 is 18.6 Å². The van der Waals surface area contributed by atoms with Crippen LogP contribution in [0, 0.1) is 0 Å². The van der Waals surface area contributed by atoms with Gasteiger partial charge in [0.25, 0.3) is 0 Å². The number of rotatable bonds is 0. The zero-order valence-corrected chi connectivity index (χ0v) is 13.1. The molecular weight excluding hydrogens is 303 g/mol. The number of fused-ring (bicyclic) bond motifs is 2. The first-order valence-corrected chi connectivity index (χ1v) is 6.14. The fraction of sp³-hybridized carbons (Fsp3) is 0. The van der Waals surface area contributed by atoms with E-state index in [2.05, 4.69) is 84.9 Å². The molecule has 20 heavy (non-hydrogen) atoms. The molecule has 0 saturated carbocycles. The average Bonchev–Trinajstić information content (AvgIpc) is 3.08. The predicted octanol–water partition coefficient (Wildman–Crippen LogP) is 2.12. The fourth-order valence-corrected chi connectivity index (χ4v) is 2.14. The summed E-state index contributed by atoms with van der Waals surface area (Å²) in [5.41, 5.74) is 0. The summed E-state index contributed by atoms with van der Waals surface area (Å²) < 4.78 is 0. The van der Waals surface area contributed by atoms with E-state index < -0.39 is 0 Å². The van der Waals surface area contributed by atoms with Crippen LogP contribution in [-0.4, -0.2) is 0 Å². The summed E-state index contributed by atoms with van der Waals surface area (Å²) in [4.78, 5) is 0. The molecule has 0 aliphatic rings. The molecule has 0 N–H and O–H groups in total. The Balaban J connectivity index is 0.000000182. The number of halogens is 1. The zero-order chi connectivity index (χ0) is 12.2. The molecule has 0 atom stereocenters. The van der Waals surface area contributed by atoms with E-state index in [9.17, 15) is 0 Å². The summed E-state index contributed by atoms with van der Waals surface area (Å²) in [5, 5.41) is 5.32. The summed E-state index contributed by atoms with van der Waals surface area (Å²) >= 11 is 0. The van der Waals surface area contributed by atoms with E-state index in [4.69, 9.17) is 0 Å². The van der Waals surface area contributed by atoms with Crippen LogP contribution in [0.1, 0.15) is 0 Å². The molecule has 0 aliphatic carbocycles. The van der Waals surface area contributed by atoms with Gasteiger partial charge in [-0.1, -0.05) is 12.1 Å². The first-order valence-electron chi connectivity index (χ1n) is 6.14. The van der Waals surface area contributed by atoms with Crippen molar-refractivity contribution in [3.8, 4) is 0 Å². The topological polar surface area (TPSA) is 0 Å². The zero-order valence-electron chi connectivity index (χ0n) is 10.9. The minimum atomic E-state index is 0. The van der Waals surface area contributed by atoms with Gasteiger partial charge in [0.15, 0.2) is 0 Å². The predicted molar refractivity (Wildman–Crippen MR) is 79.1 cm³/mol. The quantitative estimate of drug-likeness (QED) is 0.436. The van der Waals surface area contributed by atoms with Gasteiger partial charge in [0.1, 0.15) is 0 Å². The Hall–Kier alpha value is -1.47. The number of hydrogen-bond donors (Lipinski definition) is 0. The van der Waals surface area contributed by atoms with E-state index in [1.165, 1.54) is 21.5 Å². The summed E-state index contributed by atoms with van der Waals surface area (Å²) in [5.74, 6) is 0. The average molecular weight is 317 g/mol. The Labute approximate surface area is 137 Å². The molecule has 0 aromatic heterocycles. The SMILES string of the molecule is [Cl-].[V+2].c1ccc2[cH-]ccc2c1.c1ccc2[cH-]ccc2c1. The van der Waals surface area contributed by atoms with Crippen molar-refractivity contribution in [2.24, 2.45) is 0 Å². The molecule has 4 aromatic rings. The van der Waals surface area contributed by atoms with Gasteiger partial charge in [0.05, 0.1) is 0 Å². The van der Waals surface area contributed by atoms with Crippen molar-refractivity contribution in [3.63, 3.8) is 0 Å². The van der Waals surface area contributed by atoms with Crippen molar-refractivity contribution < 1.29 is 31.0 Å². The van der Waals surface area contributed by atoms with Crippen LogP contribution in [0.15, 0.2) is 84.9 Å². The van der Waals surface area contributed by atoms with Gasteiger partial charge in [0, 0.05) is 0 Å². The van der Waals surface area contributed by atoms with Crippen LogP contribution in [0.2, 0.25) is 0 Å². The monoisotopic (exact) mass is 316 g/mol. The second-order valence-corrected chi connectivity index (χ2v) is 4.31. The Morgan fingerprint density at radius 1 is 0.550 bits per heavy atom. The number of benzene rings is 2. The third-order valence-electron chi connectivity index (χ3n) is 3.10. The molecule has 0 aliphatic heterocycles. The molecule has 0 fully saturated rings. The Bertz CT molecular complexity index is 625. The molecule has 2 heteroatoms. The first kappa shape index (κ1) is 16.6. The summed E-state index contributed by atoms with van der Waals surface area (Å²) in [6, 6.07) is 29.3. The van der Waals surface area contributed by atoms with Crippen molar-refractivity contribution in [2.45, 2.75) is 0 Å². The Kier molecular flexibility index (Phi) is 6.61. The Morgan fingerprint density at radius 3 is 1.35 bits per heavy atom. The molecule has 0 nitrogen and oxygen atoms in total. The van der Waals surface area contributed by atoms with Crippen LogP contribution < -0.4 is 12.4 Å². The van der Waals surface area contributed by atoms with E-state index in [1.54, 1.807) is 0 Å². The molecular formula is C18H14ClV-. The number of hydrogen-bond acceptors (Lipinski definition) is 0. The molecule has 0 saturated heterocycles. The first-order chi connectivity index (χ1) is 8.93. The van der Waals surface area contributed by atoms with Crippen LogP contribution in [0.4, 0.5) is 0 Å². The van der Waals surface area contributed by atoms with Crippen molar-refractivity contribution in [3.05, 3.63) is 84.9 Å². The van der Waals surface area contributed by atoms with E-state index in [0.717, 1.165) is 0 Å². The molecule has 0 spiro atoms. The van der Waals surface area contributed by atoms with Crippen molar-refractivity contribution in [2.75, 3.05) is 0 Å². The van der Waals surface area contributed by atoms with Crippen molar-refractivity contribution >= 4 is 21.5 Å². The van der Waals surface area contributed by atoms with E-state index in [1.807, 2.05) is 0 Å². The maximum absolute atomic E-state index is 2.12.